The number of hydrogen-bond donors (Lipinski definition) is 2. The van der Waals surface area contributed by atoms with E-state index in [1.807, 2.05) is 4.90 Å². The minimum atomic E-state index is -5.01. The summed E-state index contributed by atoms with van der Waals surface area (Å²) in [6, 6.07) is 5.27. The standard InChI is InChI=1S/C24H23F7N4O3/c1-12(20-32-22(36)34-33-20)35-7-8-37-21(19(35)14-3-5-18(25)6-4-14)38-13(2)15-9-16(23(26,27)28)11-17(10-15)24(29,30)31/h3-6,9-13,19,21H,7-8H2,1-2H3,(H2,32,33,34,36)/t12?,13-,19?,21?/m1/s1. The summed E-state index contributed by atoms with van der Waals surface area (Å²) in [5.41, 5.74) is -3.31. The van der Waals surface area contributed by atoms with Crippen LogP contribution >= 0.6 is 0 Å². The molecular weight excluding hydrogens is 525 g/mol. The van der Waals surface area contributed by atoms with Gasteiger partial charge in [-0.25, -0.2) is 14.3 Å². The summed E-state index contributed by atoms with van der Waals surface area (Å²) in [7, 11) is 0. The van der Waals surface area contributed by atoms with Gasteiger partial charge in [-0.1, -0.05) is 12.1 Å². The fraction of sp³-hybridized carbons (Fsp3) is 0.417. The van der Waals surface area contributed by atoms with Crippen molar-refractivity contribution in [1.82, 2.24) is 20.1 Å². The Bertz CT molecular complexity index is 1270. The summed E-state index contributed by atoms with van der Waals surface area (Å²) < 4.78 is 106. The van der Waals surface area contributed by atoms with Crippen molar-refractivity contribution in [3.05, 3.63) is 86.8 Å². The summed E-state index contributed by atoms with van der Waals surface area (Å²) in [5, 5.41) is 6.21. The highest BCUT2D eigenvalue weighted by molar-refractivity contribution is 5.34. The second-order valence-electron chi connectivity index (χ2n) is 8.83. The average Bonchev–Trinajstić information content (AvgIpc) is 3.29. The van der Waals surface area contributed by atoms with Gasteiger partial charge < -0.3 is 9.47 Å². The molecule has 1 aromatic heterocycles. The van der Waals surface area contributed by atoms with Crippen molar-refractivity contribution in [1.29, 1.82) is 0 Å². The molecule has 0 saturated carbocycles. The Kier molecular flexibility index (Phi) is 7.68. The van der Waals surface area contributed by atoms with Crippen LogP contribution in [0.5, 0.6) is 0 Å². The van der Waals surface area contributed by atoms with Gasteiger partial charge >= 0.3 is 18.0 Å². The summed E-state index contributed by atoms with van der Waals surface area (Å²) in [4.78, 5) is 16.0. The van der Waals surface area contributed by atoms with Crippen LogP contribution in [0.15, 0.2) is 47.3 Å². The monoisotopic (exact) mass is 548 g/mol. The summed E-state index contributed by atoms with van der Waals surface area (Å²) in [6.07, 6.45) is -12.5. The molecule has 1 aliphatic rings. The fourth-order valence-corrected chi connectivity index (χ4v) is 4.35. The number of H-pyrrole nitrogens is 2. The van der Waals surface area contributed by atoms with Gasteiger partial charge in [-0.05, 0) is 55.3 Å². The van der Waals surface area contributed by atoms with E-state index in [1.165, 1.54) is 31.2 Å². The average molecular weight is 548 g/mol. The van der Waals surface area contributed by atoms with E-state index in [4.69, 9.17) is 9.47 Å². The number of rotatable bonds is 6. The number of benzene rings is 2. The Balaban J connectivity index is 1.70. The summed E-state index contributed by atoms with van der Waals surface area (Å²) in [5.74, 6) is -0.236. The highest BCUT2D eigenvalue weighted by Crippen LogP contribution is 2.41. The van der Waals surface area contributed by atoms with Crippen molar-refractivity contribution in [2.24, 2.45) is 0 Å². The van der Waals surface area contributed by atoms with Gasteiger partial charge in [0.25, 0.3) is 0 Å². The van der Waals surface area contributed by atoms with Crippen LogP contribution < -0.4 is 5.69 Å². The van der Waals surface area contributed by atoms with Crippen LogP contribution in [0.2, 0.25) is 0 Å². The first-order valence-corrected chi connectivity index (χ1v) is 11.5. The van der Waals surface area contributed by atoms with Gasteiger partial charge in [0, 0.05) is 6.54 Å². The van der Waals surface area contributed by atoms with E-state index >= 15 is 0 Å². The first-order valence-electron chi connectivity index (χ1n) is 11.5. The van der Waals surface area contributed by atoms with Crippen molar-refractivity contribution in [3.63, 3.8) is 0 Å². The number of ether oxygens (including phenoxy) is 2. The summed E-state index contributed by atoms with van der Waals surface area (Å²) >= 11 is 0. The number of nitrogens with zero attached hydrogens (tertiary/aromatic N) is 2. The molecule has 4 rings (SSSR count). The molecule has 1 fully saturated rings. The topological polar surface area (TPSA) is 83.2 Å². The lowest BCUT2D eigenvalue weighted by molar-refractivity contribution is -0.235. The minimum absolute atomic E-state index is 0.0444. The number of halogens is 7. The van der Waals surface area contributed by atoms with E-state index in [0.29, 0.717) is 24.2 Å². The molecule has 0 amide bonds. The molecule has 1 aliphatic heterocycles. The maximum Gasteiger partial charge on any atom is 0.416 e. The molecule has 0 radical (unpaired) electrons. The van der Waals surface area contributed by atoms with Gasteiger partial charge in [-0.3, -0.25) is 9.88 Å². The first-order chi connectivity index (χ1) is 17.7. The Morgan fingerprint density at radius 3 is 2.16 bits per heavy atom. The number of nitrogens with one attached hydrogen (secondary N) is 2. The largest absolute Gasteiger partial charge is 0.416 e. The van der Waals surface area contributed by atoms with Crippen molar-refractivity contribution in [2.45, 2.75) is 50.7 Å². The lowest BCUT2D eigenvalue weighted by atomic mass is 9.99. The molecule has 0 spiro atoms. The Hall–Kier alpha value is -3.23. The predicted octanol–water partition coefficient (Wildman–Crippen LogP) is 5.51. The quantitative estimate of drug-likeness (QED) is 0.397. The third kappa shape index (κ3) is 6.08. The highest BCUT2D eigenvalue weighted by atomic mass is 19.4. The normalized spacial score (nSPS) is 20.9. The van der Waals surface area contributed by atoms with Crippen LogP contribution in [0.1, 0.15) is 60.1 Å². The number of hydrogen-bond acceptors (Lipinski definition) is 5. The SMILES string of the molecule is CC(c1n[nH]c(=O)[nH]1)N1CCOC(O[C@H](C)c2cc(C(F)(F)F)cc(C(F)(F)F)c2)C1c1ccc(F)cc1. The molecule has 38 heavy (non-hydrogen) atoms. The lowest BCUT2D eigenvalue weighted by Gasteiger charge is -2.44. The van der Waals surface area contributed by atoms with E-state index in [2.05, 4.69) is 15.2 Å². The predicted molar refractivity (Wildman–Crippen MR) is 119 cm³/mol. The molecule has 206 valence electrons. The van der Waals surface area contributed by atoms with E-state index in [-0.39, 0.29) is 24.1 Å². The molecular formula is C24H23F7N4O3. The van der Waals surface area contributed by atoms with Gasteiger partial charge in [0.05, 0.1) is 35.9 Å². The molecule has 1 saturated heterocycles. The summed E-state index contributed by atoms with van der Waals surface area (Å²) in [6.45, 7) is 3.43. The Labute approximate surface area is 211 Å². The van der Waals surface area contributed by atoms with Crippen LogP contribution in [-0.2, 0) is 21.8 Å². The van der Waals surface area contributed by atoms with Crippen molar-refractivity contribution in [2.75, 3.05) is 13.2 Å². The third-order valence-corrected chi connectivity index (χ3v) is 6.29. The zero-order chi connectivity index (χ0) is 27.8. The molecule has 4 atom stereocenters. The van der Waals surface area contributed by atoms with E-state index in [0.717, 1.165) is 0 Å². The fourth-order valence-electron chi connectivity index (χ4n) is 4.35. The number of alkyl halides is 6. The van der Waals surface area contributed by atoms with Gasteiger partial charge in [-0.15, -0.1) is 0 Å². The molecule has 0 bridgehead atoms. The van der Waals surface area contributed by atoms with Crippen LogP contribution in [0, 0.1) is 5.82 Å². The molecule has 2 aromatic carbocycles. The minimum Gasteiger partial charge on any atom is -0.349 e. The van der Waals surface area contributed by atoms with Gasteiger partial charge in [0.1, 0.15) is 11.6 Å². The van der Waals surface area contributed by atoms with E-state index in [1.54, 1.807) is 6.92 Å². The van der Waals surface area contributed by atoms with Crippen LogP contribution in [0.25, 0.3) is 0 Å². The zero-order valence-corrected chi connectivity index (χ0v) is 20.0. The molecule has 3 aromatic rings. The molecule has 2 heterocycles. The molecule has 3 unspecified atom stereocenters. The van der Waals surface area contributed by atoms with Crippen LogP contribution in [0.3, 0.4) is 0 Å². The maximum absolute atomic E-state index is 13.7. The molecule has 14 heteroatoms. The van der Waals surface area contributed by atoms with Gasteiger partial charge in [0.15, 0.2) is 6.29 Å². The van der Waals surface area contributed by atoms with Crippen molar-refractivity contribution in [3.8, 4) is 0 Å². The van der Waals surface area contributed by atoms with Gasteiger partial charge in [0.2, 0.25) is 0 Å². The second kappa shape index (κ2) is 10.5. The van der Waals surface area contributed by atoms with Gasteiger partial charge in [-0.2, -0.15) is 31.4 Å². The smallest absolute Gasteiger partial charge is 0.349 e. The van der Waals surface area contributed by atoms with Crippen molar-refractivity contribution >= 4 is 0 Å². The van der Waals surface area contributed by atoms with Crippen LogP contribution in [0.4, 0.5) is 30.7 Å². The van der Waals surface area contributed by atoms with Crippen molar-refractivity contribution < 1.29 is 40.2 Å². The molecule has 7 nitrogen and oxygen atoms in total. The first kappa shape index (κ1) is 27.8. The lowest BCUT2D eigenvalue weighted by Crippen LogP contribution is -2.47. The number of aromatic nitrogens is 3. The highest BCUT2D eigenvalue weighted by Gasteiger charge is 2.41. The number of aromatic amines is 2. The number of morpholine rings is 1. The molecule has 2 N–H and O–H groups in total. The third-order valence-electron chi connectivity index (χ3n) is 6.29. The Morgan fingerprint density at radius 2 is 1.63 bits per heavy atom. The maximum atomic E-state index is 13.7. The zero-order valence-electron chi connectivity index (χ0n) is 20.0. The van der Waals surface area contributed by atoms with E-state index in [9.17, 15) is 35.5 Å². The Morgan fingerprint density at radius 1 is 1.03 bits per heavy atom. The second-order valence-corrected chi connectivity index (χ2v) is 8.83. The van der Waals surface area contributed by atoms with E-state index < -0.39 is 59.5 Å². The molecule has 0 aliphatic carbocycles. The van der Waals surface area contributed by atoms with Crippen LogP contribution in [-0.4, -0.2) is 39.5 Å².